The van der Waals surface area contributed by atoms with Gasteiger partial charge < -0.3 is 18.7 Å². The molecule has 0 aromatic heterocycles. The lowest BCUT2D eigenvalue weighted by atomic mass is 10.0. The summed E-state index contributed by atoms with van der Waals surface area (Å²) in [7, 11) is -0.496. The van der Waals surface area contributed by atoms with E-state index in [-0.39, 0.29) is 25.9 Å². The lowest BCUT2D eigenvalue weighted by Crippen LogP contribution is -2.35. The molecule has 3 unspecified atom stereocenters. The van der Waals surface area contributed by atoms with E-state index < -0.39 is 19.5 Å². The number of esters is 1. The Labute approximate surface area is 187 Å². The van der Waals surface area contributed by atoms with Gasteiger partial charge in [0, 0.05) is 18.2 Å². The molecule has 9 heteroatoms. The first-order valence-electron chi connectivity index (χ1n) is 10.0. The summed E-state index contributed by atoms with van der Waals surface area (Å²) in [5.41, 5.74) is 0.856. The van der Waals surface area contributed by atoms with Crippen LogP contribution in [0.4, 0.5) is 0 Å². The van der Waals surface area contributed by atoms with Crippen molar-refractivity contribution in [3.63, 3.8) is 0 Å². The summed E-state index contributed by atoms with van der Waals surface area (Å²) in [5.74, 6) is 0.154. The number of benzene rings is 2. The standard InChI is InChI=1S/C22H27ClNO6P/c1-4-29-22(25)14-24-21(16-5-7-17(23)8-6-16)13-19(28-3)15-30-31(24,26)20-11-9-18(27-2)10-12-20/h5-12,19,21H,4,13-15H2,1-3H3. The molecule has 2 aromatic carbocycles. The van der Waals surface area contributed by atoms with Crippen molar-refractivity contribution in [2.45, 2.75) is 25.5 Å². The van der Waals surface area contributed by atoms with Crippen molar-refractivity contribution in [2.24, 2.45) is 0 Å². The van der Waals surface area contributed by atoms with Gasteiger partial charge in [0.2, 0.25) is 0 Å². The molecular formula is C22H27ClNO6P. The van der Waals surface area contributed by atoms with Gasteiger partial charge in [-0.25, -0.2) is 4.67 Å². The molecule has 3 rings (SSSR count). The Bertz CT molecular complexity index is 921. The maximum atomic E-state index is 14.4. The smallest absolute Gasteiger partial charge is 0.320 e. The lowest BCUT2D eigenvalue weighted by molar-refractivity contribution is -0.143. The SMILES string of the molecule is CCOC(=O)CN1C(c2ccc(Cl)cc2)CC(OC)COP1(=O)c1ccc(OC)cc1. The van der Waals surface area contributed by atoms with Gasteiger partial charge in [-0.2, -0.15) is 0 Å². The van der Waals surface area contributed by atoms with Gasteiger partial charge >= 0.3 is 13.5 Å². The first-order valence-corrected chi connectivity index (χ1v) is 12.0. The molecular weight excluding hydrogens is 441 g/mol. The normalized spacial score (nSPS) is 24.4. The van der Waals surface area contributed by atoms with Crippen LogP contribution in [0.2, 0.25) is 5.02 Å². The van der Waals surface area contributed by atoms with E-state index in [9.17, 15) is 9.36 Å². The number of rotatable bonds is 7. The monoisotopic (exact) mass is 467 g/mol. The zero-order valence-corrected chi connectivity index (χ0v) is 19.5. The summed E-state index contributed by atoms with van der Waals surface area (Å²) in [4.78, 5) is 12.5. The number of methoxy groups -OCH3 is 2. The van der Waals surface area contributed by atoms with Crippen molar-refractivity contribution in [3.05, 3.63) is 59.1 Å². The Balaban J connectivity index is 2.11. The van der Waals surface area contributed by atoms with Crippen molar-refractivity contribution in [3.8, 4) is 5.75 Å². The second-order valence-corrected chi connectivity index (χ2v) is 9.84. The Morgan fingerprint density at radius 2 is 1.84 bits per heavy atom. The van der Waals surface area contributed by atoms with E-state index in [2.05, 4.69) is 0 Å². The van der Waals surface area contributed by atoms with Gasteiger partial charge in [0.1, 0.15) is 12.3 Å². The van der Waals surface area contributed by atoms with Crippen LogP contribution >= 0.6 is 19.1 Å². The molecule has 0 radical (unpaired) electrons. The van der Waals surface area contributed by atoms with Crippen LogP contribution in [0.15, 0.2) is 48.5 Å². The third-order valence-electron chi connectivity index (χ3n) is 5.20. The number of nitrogens with zero attached hydrogens (tertiary/aromatic N) is 1. The number of ether oxygens (including phenoxy) is 3. The van der Waals surface area contributed by atoms with E-state index in [1.54, 1.807) is 62.2 Å². The first-order chi connectivity index (χ1) is 14.9. The molecule has 1 heterocycles. The molecule has 0 bridgehead atoms. The molecule has 2 aromatic rings. The van der Waals surface area contributed by atoms with Crippen LogP contribution < -0.4 is 10.0 Å². The molecule has 1 fully saturated rings. The average Bonchev–Trinajstić information content (AvgIpc) is 2.92. The quantitative estimate of drug-likeness (QED) is 0.446. The summed E-state index contributed by atoms with van der Waals surface area (Å²) in [6.45, 7) is 1.90. The van der Waals surface area contributed by atoms with Gasteiger partial charge in [-0.3, -0.25) is 9.36 Å². The number of hydrogen-bond donors (Lipinski definition) is 0. The molecule has 0 amide bonds. The largest absolute Gasteiger partial charge is 0.497 e. The molecule has 0 saturated carbocycles. The van der Waals surface area contributed by atoms with Crippen LogP contribution in [-0.4, -0.2) is 50.7 Å². The van der Waals surface area contributed by atoms with Crippen LogP contribution in [-0.2, 0) is 23.4 Å². The highest BCUT2D eigenvalue weighted by Crippen LogP contribution is 2.57. The van der Waals surface area contributed by atoms with Crippen LogP contribution in [0, 0.1) is 0 Å². The fourth-order valence-corrected chi connectivity index (χ4v) is 6.08. The highest BCUT2D eigenvalue weighted by atomic mass is 35.5. The fraction of sp³-hybridized carbons (Fsp3) is 0.409. The minimum absolute atomic E-state index is 0.128. The predicted molar refractivity (Wildman–Crippen MR) is 119 cm³/mol. The summed E-state index contributed by atoms with van der Waals surface area (Å²) in [5, 5.41) is 1.06. The van der Waals surface area contributed by atoms with E-state index in [0.717, 1.165) is 5.56 Å². The predicted octanol–water partition coefficient (Wildman–Crippen LogP) is 4.21. The summed E-state index contributed by atoms with van der Waals surface area (Å²) < 4.78 is 38.0. The number of carbonyl (C=O) groups excluding carboxylic acids is 1. The van der Waals surface area contributed by atoms with Gasteiger partial charge in [-0.05, 0) is 55.3 Å². The number of hydrogen-bond acceptors (Lipinski definition) is 6. The summed E-state index contributed by atoms with van der Waals surface area (Å²) >= 11 is 6.08. The zero-order chi connectivity index (χ0) is 22.4. The van der Waals surface area contributed by atoms with Gasteiger partial charge in [-0.1, -0.05) is 23.7 Å². The lowest BCUT2D eigenvalue weighted by Gasteiger charge is -2.34. The third-order valence-corrected chi connectivity index (χ3v) is 8.00. The number of halogens is 1. The van der Waals surface area contributed by atoms with Gasteiger partial charge in [-0.15, -0.1) is 0 Å². The van der Waals surface area contributed by atoms with E-state index in [0.29, 0.717) is 22.5 Å². The Kier molecular flexibility index (Phi) is 8.14. The Morgan fingerprint density at radius 1 is 1.16 bits per heavy atom. The highest BCUT2D eigenvalue weighted by molar-refractivity contribution is 7.64. The van der Waals surface area contributed by atoms with Gasteiger partial charge in [0.05, 0.1) is 31.7 Å². The van der Waals surface area contributed by atoms with Crippen molar-refractivity contribution in [1.29, 1.82) is 0 Å². The molecule has 7 nitrogen and oxygen atoms in total. The van der Waals surface area contributed by atoms with Crippen molar-refractivity contribution in [2.75, 3.05) is 34.0 Å². The number of carbonyl (C=O) groups is 1. The van der Waals surface area contributed by atoms with Crippen LogP contribution in [0.5, 0.6) is 5.75 Å². The highest BCUT2D eigenvalue weighted by Gasteiger charge is 2.44. The van der Waals surface area contributed by atoms with E-state index in [1.807, 2.05) is 12.1 Å². The molecule has 3 atom stereocenters. The molecule has 31 heavy (non-hydrogen) atoms. The zero-order valence-electron chi connectivity index (χ0n) is 17.8. The minimum Gasteiger partial charge on any atom is -0.497 e. The second-order valence-electron chi connectivity index (χ2n) is 7.08. The van der Waals surface area contributed by atoms with Gasteiger partial charge in [0.25, 0.3) is 0 Å². The van der Waals surface area contributed by atoms with E-state index in [1.165, 1.54) is 0 Å². The molecule has 1 saturated heterocycles. The van der Waals surface area contributed by atoms with Crippen molar-refractivity contribution in [1.82, 2.24) is 4.67 Å². The summed E-state index contributed by atoms with van der Waals surface area (Å²) in [6.07, 6.45) is 0.178. The minimum atomic E-state index is -3.65. The Morgan fingerprint density at radius 3 is 2.42 bits per heavy atom. The topological polar surface area (TPSA) is 74.3 Å². The first kappa shape index (κ1) is 23.8. The maximum Gasteiger partial charge on any atom is 0.320 e. The summed E-state index contributed by atoms with van der Waals surface area (Å²) in [6, 6.07) is 13.7. The van der Waals surface area contributed by atoms with Crippen LogP contribution in [0.3, 0.4) is 0 Å². The maximum absolute atomic E-state index is 14.4. The Hall–Kier alpha value is -1.89. The van der Waals surface area contributed by atoms with Crippen molar-refractivity contribution >= 4 is 30.4 Å². The van der Waals surface area contributed by atoms with Crippen LogP contribution in [0.25, 0.3) is 0 Å². The van der Waals surface area contributed by atoms with Gasteiger partial charge in [0.15, 0.2) is 0 Å². The molecule has 0 aliphatic carbocycles. The van der Waals surface area contributed by atoms with E-state index in [4.69, 9.17) is 30.3 Å². The van der Waals surface area contributed by atoms with E-state index >= 15 is 0 Å². The second kappa shape index (κ2) is 10.6. The molecule has 1 aliphatic rings. The average molecular weight is 468 g/mol. The molecule has 0 N–H and O–H groups in total. The van der Waals surface area contributed by atoms with Crippen molar-refractivity contribution < 1.29 is 28.1 Å². The van der Waals surface area contributed by atoms with Crippen LogP contribution in [0.1, 0.15) is 24.9 Å². The molecule has 168 valence electrons. The molecule has 1 aliphatic heterocycles. The fourth-order valence-electron chi connectivity index (χ4n) is 3.57. The third kappa shape index (κ3) is 5.48. The molecule has 0 spiro atoms.